The van der Waals surface area contributed by atoms with Gasteiger partial charge in [-0.3, -0.25) is 9.59 Å². The second-order valence-corrected chi connectivity index (χ2v) is 7.86. The van der Waals surface area contributed by atoms with Crippen molar-refractivity contribution in [3.8, 4) is 0 Å². The van der Waals surface area contributed by atoms with Crippen molar-refractivity contribution in [2.75, 3.05) is 5.32 Å². The Hall–Kier alpha value is -2.66. The van der Waals surface area contributed by atoms with Crippen molar-refractivity contribution in [3.05, 3.63) is 65.7 Å². The van der Waals surface area contributed by atoms with E-state index in [1.807, 2.05) is 42.5 Å². The first kappa shape index (κ1) is 21.1. The van der Waals surface area contributed by atoms with Crippen LogP contribution >= 0.6 is 0 Å². The lowest BCUT2D eigenvalue weighted by Crippen LogP contribution is -2.37. The van der Waals surface area contributed by atoms with Gasteiger partial charge in [0.05, 0.1) is 12.5 Å². The molecule has 0 radical (unpaired) electrons. The molecule has 5 heteroatoms. The van der Waals surface area contributed by atoms with E-state index in [2.05, 4.69) is 5.32 Å². The Labute approximate surface area is 172 Å². The number of nitrogens with one attached hydrogen (secondary N) is 1. The fourth-order valence-corrected chi connectivity index (χ4v) is 3.79. The van der Waals surface area contributed by atoms with Crippen molar-refractivity contribution in [3.63, 3.8) is 0 Å². The highest BCUT2D eigenvalue weighted by Gasteiger charge is 2.21. The van der Waals surface area contributed by atoms with Gasteiger partial charge in [-0.15, -0.1) is 0 Å². The zero-order valence-electron chi connectivity index (χ0n) is 16.8. The first-order valence-electron chi connectivity index (χ1n) is 10.4. The maximum Gasteiger partial charge on any atom is 0.310 e. The summed E-state index contributed by atoms with van der Waals surface area (Å²) in [5, 5.41) is 2.88. The highest BCUT2D eigenvalue weighted by molar-refractivity contribution is 5.94. The van der Waals surface area contributed by atoms with E-state index >= 15 is 0 Å². The van der Waals surface area contributed by atoms with Crippen LogP contribution in [0.25, 0.3) is 0 Å². The van der Waals surface area contributed by atoms with Gasteiger partial charge in [0.1, 0.15) is 6.61 Å². The Balaban J connectivity index is 1.42. The standard InChI is InChI=1S/C24H30N2O3/c25-22(15-18-7-3-1-4-8-18)24(28)26-21-13-11-19(12-14-21)16-23(27)29-17-20-9-5-2-6-10-20/h2,5-6,9-14,18,22H,1,3-4,7-8,15-17,25H2,(H,26,28)/t22-/m0/s1. The Morgan fingerprint density at radius 2 is 1.66 bits per heavy atom. The van der Waals surface area contributed by atoms with Gasteiger partial charge in [0.25, 0.3) is 0 Å². The molecule has 0 aliphatic heterocycles. The van der Waals surface area contributed by atoms with E-state index in [-0.39, 0.29) is 24.9 Å². The minimum Gasteiger partial charge on any atom is -0.461 e. The first-order chi connectivity index (χ1) is 14.1. The van der Waals surface area contributed by atoms with Crippen LogP contribution in [0.15, 0.2) is 54.6 Å². The van der Waals surface area contributed by atoms with Crippen LogP contribution in [0.3, 0.4) is 0 Å². The molecule has 0 heterocycles. The van der Waals surface area contributed by atoms with E-state index in [4.69, 9.17) is 10.5 Å². The fourth-order valence-electron chi connectivity index (χ4n) is 3.79. The summed E-state index contributed by atoms with van der Waals surface area (Å²) in [6.45, 7) is 0.271. The number of anilines is 1. The van der Waals surface area contributed by atoms with Gasteiger partial charge in [-0.05, 0) is 35.6 Å². The molecule has 5 nitrogen and oxygen atoms in total. The highest BCUT2D eigenvalue weighted by Crippen LogP contribution is 2.27. The predicted molar refractivity (Wildman–Crippen MR) is 114 cm³/mol. The van der Waals surface area contributed by atoms with Gasteiger partial charge in [0.15, 0.2) is 0 Å². The lowest BCUT2D eigenvalue weighted by Gasteiger charge is -2.24. The smallest absolute Gasteiger partial charge is 0.310 e. The third-order valence-electron chi connectivity index (χ3n) is 5.46. The van der Waals surface area contributed by atoms with E-state index in [0.29, 0.717) is 11.6 Å². The van der Waals surface area contributed by atoms with Crippen molar-refractivity contribution in [2.45, 2.75) is 57.6 Å². The Morgan fingerprint density at radius 1 is 0.966 bits per heavy atom. The largest absolute Gasteiger partial charge is 0.461 e. The minimum absolute atomic E-state index is 0.148. The number of esters is 1. The average Bonchev–Trinajstić information content (AvgIpc) is 2.75. The molecule has 1 atom stereocenters. The molecule has 3 rings (SSSR count). The summed E-state index contributed by atoms with van der Waals surface area (Å²) in [4.78, 5) is 24.4. The maximum absolute atomic E-state index is 12.4. The molecule has 0 bridgehead atoms. The van der Waals surface area contributed by atoms with Crippen molar-refractivity contribution in [2.24, 2.45) is 11.7 Å². The summed E-state index contributed by atoms with van der Waals surface area (Å²) in [6, 6.07) is 16.4. The second-order valence-electron chi connectivity index (χ2n) is 7.86. The van der Waals surface area contributed by atoms with Crippen molar-refractivity contribution in [1.82, 2.24) is 0 Å². The van der Waals surface area contributed by atoms with Gasteiger partial charge in [0, 0.05) is 5.69 Å². The molecule has 0 aromatic heterocycles. The van der Waals surface area contributed by atoms with Gasteiger partial charge in [-0.1, -0.05) is 74.6 Å². The number of benzene rings is 2. The number of nitrogens with two attached hydrogens (primary N) is 1. The van der Waals surface area contributed by atoms with Gasteiger partial charge >= 0.3 is 5.97 Å². The summed E-state index contributed by atoms with van der Waals surface area (Å²) in [5.74, 6) is 0.138. The lowest BCUT2D eigenvalue weighted by atomic mass is 9.85. The number of amides is 1. The van der Waals surface area contributed by atoms with E-state index in [1.54, 1.807) is 12.1 Å². The molecule has 1 saturated carbocycles. The highest BCUT2D eigenvalue weighted by atomic mass is 16.5. The summed E-state index contributed by atoms with van der Waals surface area (Å²) in [5.41, 5.74) is 8.59. The minimum atomic E-state index is -0.481. The molecule has 154 valence electrons. The van der Waals surface area contributed by atoms with E-state index in [9.17, 15) is 9.59 Å². The molecule has 1 amide bonds. The summed E-state index contributed by atoms with van der Waals surface area (Å²) in [7, 11) is 0. The molecule has 0 unspecified atom stereocenters. The van der Waals surface area contributed by atoms with Crippen LogP contribution in [0.4, 0.5) is 5.69 Å². The van der Waals surface area contributed by atoms with Crippen LogP contribution in [0, 0.1) is 5.92 Å². The predicted octanol–water partition coefficient (Wildman–Crippen LogP) is 4.21. The Kier molecular flexibility index (Phi) is 7.82. The second kappa shape index (κ2) is 10.8. The first-order valence-corrected chi connectivity index (χ1v) is 10.4. The molecule has 3 N–H and O–H groups in total. The molecule has 1 aliphatic rings. The average molecular weight is 395 g/mol. The molecule has 0 saturated heterocycles. The topological polar surface area (TPSA) is 81.4 Å². The summed E-state index contributed by atoms with van der Waals surface area (Å²) < 4.78 is 5.31. The van der Waals surface area contributed by atoms with E-state index < -0.39 is 6.04 Å². The number of rotatable bonds is 8. The fraction of sp³-hybridized carbons (Fsp3) is 0.417. The van der Waals surface area contributed by atoms with Gasteiger partial charge in [-0.25, -0.2) is 0 Å². The van der Waals surface area contributed by atoms with Crippen LogP contribution in [0.5, 0.6) is 0 Å². The molecular formula is C24H30N2O3. The van der Waals surface area contributed by atoms with Crippen molar-refractivity contribution < 1.29 is 14.3 Å². The molecule has 1 aliphatic carbocycles. The Bertz CT molecular complexity index is 784. The molecule has 2 aromatic rings. The number of hydrogen-bond acceptors (Lipinski definition) is 4. The third-order valence-corrected chi connectivity index (χ3v) is 5.46. The van der Waals surface area contributed by atoms with Crippen LogP contribution < -0.4 is 11.1 Å². The lowest BCUT2D eigenvalue weighted by molar-refractivity contribution is -0.144. The summed E-state index contributed by atoms with van der Waals surface area (Å²) in [6.07, 6.45) is 7.08. The zero-order valence-corrected chi connectivity index (χ0v) is 16.8. The number of carbonyl (C=O) groups excluding carboxylic acids is 2. The maximum atomic E-state index is 12.4. The third kappa shape index (κ3) is 7.02. The Morgan fingerprint density at radius 3 is 2.34 bits per heavy atom. The normalized spacial score (nSPS) is 15.5. The van der Waals surface area contributed by atoms with Crippen LogP contribution in [-0.2, 0) is 27.4 Å². The molecular weight excluding hydrogens is 364 g/mol. The van der Waals surface area contributed by atoms with Crippen LogP contribution in [-0.4, -0.2) is 17.9 Å². The van der Waals surface area contributed by atoms with Gasteiger partial charge in [-0.2, -0.15) is 0 Å². The van der Waals surface area contributed by atoms with Gasteiger partial charge < -0.3 is 15.8 Å². The molecule has 0 spiro atoms. The number of carbonyl (C=O) groups is 2. The van der Waals surface area contributed by atoms with Crippen LogP contribution in [0.1, 0.15) is 49.7 Å². The van der Waals surface area contributed by atoms with Gasteiger partial charge in [0.2, 0.25) is 5.91 Å². The SMILES string of the molecule is N[C@@H](CC1CCCCC1)C(=O)Nc1ccc(CC(=O)OCc2ccccc2)cc1. The van der Waals surface area contributed by atoms with E-state index in [1.165, 1.54) is 32.1 Å². The van der Waals surface area contributed by atoms with Crippen molar-refractivity contribution >= 4 is 17.6 Å². The van der Waals surface area contributed by atoms with Crippen molar-refractivity contribution in [1.29, 1.82) is 0 Å². The number of hydrogen-bond donors (Lipinski definition) is 2. The summed E-state index contributed by atoms with van der Waals surface area (Å²) >= 11 is 0. The molecule has 2 aromatic carbocycles. The number of ether oxygens (including phenoxy) is 1. The quantitative estimate of drug-likeness (QED) is 0.657. The van der Waals surface area contributed by atoms with E-state index in [0.717, 1.165) is 17.5 Å². The monoisotopic (exact) mass is 394 g/mol. The molecule has 29 heavy (non-hydrogen) atoms. The van der Waals surface area contributed by atoms with Crippen LogP contribution in [0.2, 0.25) is 0 Å². The molecule has 1 fully saturated rings. The zero-order chi connectivity index (χ0) is 20.5.